The molecule has 0 aromatic rings. The first-order valence-corrected chi connectivity index (χ1v) is 5.64. The molecule has 0 heterocycles. The van der Waals surface area contributed by atoms with E-state index < -0.39 is 0 Å². The molecule has 0 N–H and O–H groups in total. The first kappa shape index (κ1) is 12.1. The van der Waals surface area contributed by atoms with Crippen molar-refractivity contribution in [2.75, 3.05) is 7.05 Å². The number of hydrogen-bond donors (Lipinski definition) is 0. The van der Waals surface area contributed by atoms with E-state index in [1.54, 1.807) is 0 Å². The Morgan fingerprint density at radius 1 is 1.27 bits per heavy atom. The second kappa shape index (κ2) is 4.26. The summed E-state index contributed by atoms with van der Waals surface area (Å²) in [6.45, 7) is 13.0. The van der Waals surface area contributed by atoms with Crippen LogP contribution in [-0.2, 0) is 0 Å². The van der Waals surface area contributed by atoms with Gasteiger partial charge in [0.05, 0.1) is 0 Å². The van der Waals surface area contributed by atoms with Gasteiger partial charge in [0, 0.05) is 23.9 Å². The molecular formula is C14H23N. The van der Waals surface area contributed by atoms with Crippen molar-refractivity contribution in [3.05, 3.63) is 35.7 Å². The molecule has 0 aromatic carbocycles. The second-order valence-electron chi connectivity index (χ2n) is 5.31. The third-order valence-electron chi connectivity index (χ3n) is 2.99. The minimum absolute atomic E-state index is 0.132. The number of allylic oxidation sites excluding steroid dienone is 4. The van der Waals surface area contributed by atoms with Crippen LogP contribution in [0.4, 0.5) is 0 Å². The predicted molar refractivity (Wildman–Crippen MR) is 67.4 cm³/mol. The second-order valence-corrected chi connectivity index (χ2v) is 5.31. The van der Waals surface area contributed by atoms with Gasteiger partial charge < -0.3 is 4.90 Å². The Kier molecular flexibility index (Phi) is 3.43. The van der Waals surface area contributed by atoms with Crippen molar-refractivity contribution in [3.8, 4) is 0 Å². The summed E-state index contributed by atoms with van der Waals surface area (Å²) in [7, 11) is 2.11. The van der Waals surface area contributed by atoms with Crippen molar-refractivity contribution in [2.45, 2.75) is 40.5 Å². The molecule has 0 saturated heterocycles. The lowest BCUT2D eigenvalue weighted by atomic mass is 9.91. The minimum atomic E-state index is 0.132. The highest BCUT2D eigenvalue weighted by Crippen LogP contribution is 2.31. The van der Waals surface area contributed by atoms with Crippen LogP contribution in [0.25, 0.3) is 0 Å². The molecule has 0 radical (unpaired) electrons. The Morgan fingerprint density at radius 3 is 2.27 bits per heavy atom. The van der Waals surface area contributed by atoms with Crippen molar-refractivity contribution in [2.24, 2.45) is 5.41 Å². The van der Waals surface area contributed by atoms with Gasteiger partial charge in [-0.1, -0.05) is 39.5 Å². The van der Waals surface area contributed by atoms with E-state index in [2.05, 4.69) is 58.4 Å². The zero-order valence-electron chi connectivity index (χ0n) is 10.7. The number of nitrogens with zero attached hydrogens (tertiary/aromatic N) is 1. The van der Waals surface area contributed by atoms with E-state index >= 15 is 0 Å². The Labute approximate surface area is 94.2 Å². The van der Waals surface area contributed by atoms with Gasteiger partial charge in [-0.25, -0.2) is 0 Å². The van der Waals surface area contributed by atoms with Crippen LogP contribution < -0.4 is 0 Å². The predicted octanol–water partition coefficient (Wildman–Crippen LogP) is 4.10. The highest BCUT2D eigenvalue weighted by Gasteiger charge is 2.21. The maximum absolute atomic E-state index is 4.19. The maximum Gasteiger partial charge on any atom is 0.0391 e. The highest BCUT2D eigenvalue weighted by atomic mass is 15.1. The highest BCUT2D eigenvalue weighted by molar-refractivity contribution is 5.33. The summed E-state index contributed by atoms with van der Waals surface area (Å²) >= 11 is 0. The molecule has 15 heavy (non-hydrogen) atoms. The molecule has 1 nitrogen and oxygen atoms in total. The van der Waals surface area contributed by atoms with Crippen LogP contribution in [0.2, 0.25) is 0 Å². The van der Waals surface area contributed by atoms with Crippen molar-refractivity contribution in [1.82, 2.24) is 4.90 Å². The van der Waals surface area contributed by atoms with Gasteiger partial charge in [0.25, 0.3) is 0 Å². The van der Waals surface area contributed by atoms with Gasteiger partial charge in [-0.2, -0.15) is 0 Å². The van der Waals surface area contributed by atoms with Crippen LogP contribution >= 0.6 is 0 Å². The number of hydrogen-bond acceptors (Lipinski definition) is 1. The number of likely N-dealkylation sites (N-methyl/N-ethyl adjacent to an activating group) is 1. The largest absolute Gasteiger partial charge is 0.348 e. The Bertz CT molecular complexity index is 313. The quantitative estimate of drug-likeness (QED) is 0.656. The van der Waals surface area contributed by atoms with Gasteiger partial charge in [0.1, 0.15) is 0 Å². The molecule has 0 fully saturated rings. The zero-order valence-corrected chi connectivity index (χ0v) is 10.7. The summed E-state index contributed by atoms with van der Waals surface area (Å²) in [6, 6.07) is 0. The van der Waals surface area contributed by atoms with Gasteiger partial charge in [-0.15, -0.1) is 0 Å². The molecule has 0 spiro atoms. The van der Waals surface area contributed by atoms with E-state index in [0.717, 1.165) is 6.42 Å². The van der Waals surface area contributed by atoms with Crippen molar-refractivity contribution < 1.29 is 0 Å². The molecule has 1 aliphatic rings. The molecule has 0 bridgehead atoms. The fourth-order valence-corrected chi connectivity index (χ4v) is 1.84. The fraction of sp³-hybridized carbons (Fsp3) is 0.571. The minimum Gasteiger partial charge on any atom is -0.348 e. The fourth-order valence-electron chi connectivity index (χ4n) is 1.84. The molecular weight excluding hydrogens is 182 g/mol. The van der Waals surface area contributed by atoms with E-state index in [9.17, 15) is 0 Å². The van der Waals surface area contributed by atoms with E-state index in [4.69, 9.17) is 0 Å². The van der Waals surface area contributed by atoms with Crippen LogP contribution in [0.5, 0.6) is 0 Å². The molecule has 1 heteroatoms. The van der Waals surface area contributed by atoms with Crippen LogP contribution in [0, 0.1) is 5.41 Å². The van der Waals surface area contributed by atoms with Gasteiger partial charge in [-0.3, -0.25) is 0 Å². The molecule has 1 aliphatic carbocycles. The van der Waals surface area contributed by atoms with Gasteiger partial charge >= 0.3 is 0 Å². The lowest BCUT2D eigenvalue weighted by molar-refractivity contribution is 0.362. The third kappa shape index (κ3) is 2.74. The van der Waals surface area contributed by atoms with Gasteiger partial charge in [-0.05, 0) is 25.3 Å². The molecule has 0 unspecified atom stereocenters. The Morgan fingerprint density at radius 2 is 1.80 bits per heavy atom. The SMILES string of the molecule is C=C(N(C)C1=CCCC=C1C)C(C)(C)C. The molecule has 0 saturated carbocycles. The van der Waals surface area contributed by atoms with Crippen LogP contribution in [0.3, 0.4) is 0 Å². The van der Waals surface area contributed by atoms with Gasteiger partial charge in [0.15, 0.2) is 0 Å². The van der Waals surface area contributed by atoms with Crippen molar-refractivity contribution in [3.63, 3.8) is 0 Å². The summed E-state index contributed by atoms with van der Waals surface area (Å²) in [5.74, 6) is 0. The Hall–Kier alpha value is -0.980. The van der Waals surface area contributed by atoms with E-state index in [1.165, 1.54) is 23.4 Å². The van der Waals surface area contributed by atoms with E-state index in [0.29, 0.717) is 0 Å². The molecule has 84 valence electrons. The molecule has 1 rings (SSSR count). The summed E-state index contributed by atoms with van der Waals surface area (Å²) in [5.41, 5.74) is 3.99. The van der Waals surface area contributed by atoms with Crippen LogP contribution in [-0.4, -0.2) is 11.9 Å². The van der Waals surface area contributed by atoms with E-state index in [1.807, 2.05) is 0 Å². The first-order chi connectivity index (χ1) is 6.84. The van der Waals surface area contributed by atoms with E-state index in [-0.39, 0.29) is 5.41 Å². The van der Waals surface area contributed by atoms with Crippen molar-refractivity contribution >= 4 is 0 Å². The Balaban J connectivity index is 2.86. The van der Waals surface area contributed by atoms with Crippen LogP contribution in [0.1, 0.15) is 40.5 Å². The average molecular weight is 205 g/mol. The lowest BCUT2D eigenvalue weighted by Gasteiger charge is -2.34. The molecule has 0 amide bonds. The first-order valence-electron chi connectivity index (χ1n) is 5.64. The van der Waals surface area contributed by atoms with Crippen molar-refractivity contribution in [1.29, 1.82) is 0 Å². The molecule has 0 aliphatic heterocycles. The smallest absolute Gasteiger partial charge is 0.0391 e. The standard InChI is InChI=1S/C14H23N/c1-11-9-7-8-10-13(11)15(6)12(2)14(3,4)5/h9-10H,2,7-8H2,1,3-6H3. The van der Waals surface area contributed by atoms with Crippen LogP contribution in [0.15, 0.2) is 35.7 Å². The maximum atomic E-state index is 4.19. The monoisotopic (exact) mass is 205 g/mol. The zero-order chi connectivity index (χ0) is 11.6. The summed E-state index contributed by atoms with van der Waals surface area (Å²) in [4.78, 5) is 2.23. The average Bonchev–Trinajstić information content (AvgIpc) is 2.15. The summed E-state index contributed by atoms with van der Waals surface area (Å²) in [5, 5.41) is 0. The molecule has 0 aromatic heterocycles. The normalized spacial score (nSPS) is 16.9. The topological polar surface area (TPSA) is 3.24 Å². The van der Waals surface area contributed by atoms with Gasteiger partial charge in [0.2, 0.25) is 0 Å². The summed E-state index contributed by atoms with van der Waals surface area (Å²) < 4.78 is 0. The molecule has 0 atom stereocenters. The third-order valence-corrected chi connectivity index (χ3v) is 2.99. The lowest BCUT2D eigenvalue weighted by Crippen LogP contribution is -2.26. The summed E-state index contributed by atoms with van der Waals surface area (Å²) in [6.07, 6.45) is 6.94. The number of rotatable bonds is 2.